The zero-order chi connectivity index (χ0) is 10.4. The fourth-order valence-electron chi connectivity index (χ4n) is 1.80. The summed E-state index contributed by atoms with van der Waals surface area (Å²) in [7, 11) is 0. The fraction of sp³-hybridized carbons (Fsp3) is 0.500. The molecule has 2 aromatic heterocycles. The van der Waals surface area contributed by atoms with Crippen LogP contribution in [-0.4, -0.2) is 19.5 Å². The number of fused-ring (bicyclic) bond motifs is 1. The van der Waals surface area contributed by atoms with Gasteiger partial charge in [0.15, 0.2) is 10.8 Å². The van der Waals surface area contributed by atoms with E-state index >= 15 is 0 Å². The second-order valence-electron chi connectivity index (χ2n) is 4.05. The van der Waals surface area contributed by atoms with E-state index < -0.39 is 0 Å². The van der Waals surface area contributed by atoms with Crippen molar-refractivity contribution in [1.82, 2.24) is 19.5 Å². The van der Waals surface area contributed by atoms with Gasteiger partial charge >= 0.3 is 0 Å². The van der Waals surface area contributed by atoms with E-state index in [-0.39, 0.29) is 0 Å². The third-order valence-corrected chi connectivity index (χ3v) is 3.09. The van der Waals surface area contributed by atoms with E-state index in [1.807, 2.05) is 6.92 Å². The van der Waals surface area contributed by atoms with Crippen molar-refractivity contribution in [2.75, 3.05) is 0 Å². The van der Waals surface area contributed by atoms with Crippen LogP contribution in [0.2, 0.25) is 5.15 Å². The largest absolute Gasteiger partial charge is 0.313 e. The van der Waals surface area contributed by atoms with Crippen molar-refractivity contribution in [1.29, 1.82) is 0 Å². The zero-order valence-electron chi connectivity index (χ0n) is 8.44. The summed E-state index contributed by atoms with van der Waals surface area (Å²) in [6.07, 6.45) is 4.13. The molecule has 0 aromatic carbocycles. The number of imidazole rings is 1. The number of aromatic nitrogens is 4. The van der Waals surface area contributed by atoms with Gasteiger partial charge < -0.3 is 4.57 Å². The van der Waals surface area contributed by atoms with Crippen LogP contribution in [0.3, 0.4) is 0 Å². The number of nitrogens with zero attached hydrogens (tertiary/aromatic N) is 4. The van der Waals surface area contributed by atoms with Crippen molar-refractivity contribution in [2.24, 2.45) is 5.92 Å². The first kappa shape index (κ1) is 9.09. The smallest absolute Gasteiger partial charge is 0.165 e. The molecule has 1 aliphatic rings. The van der Waals surface area contributed by atoms with Gasteiger partial charge in [0, 0.05) is 6.54 Å². The number of halogens is 1. The lowest BCUT2D eigenvalue weighted by atomic mass is 10.4. The van der Waals surface area contributed by atoms with Gasteiger partial charge in [0.2, 0.25) is 0 Å². The molecule has 1 saturated carbocycles. The van der Waals surface area contributed by atoms with Gasteiger partial charge in [0.05, 0.1) is 0 Å². The highest BCUT2D eigenvalue weighted by Gasteiger charge is 2.24. The summed E-state index contributed by atoms with van der Waals surface area (Å²) < 4.78 is 2.14. The molecule has 4 nitrogen and oxygen atoms in total. The van der Waals surface area contributed by atoms with Crippen LogP contribution >= 0.6 is 11.6 Å². The average molecular weight is 223 g/mol. The van der Waals surface area contributed by atoms with Crippen LogP contribution < -0.4 is 0 Å². The molecule has 5 heteroatoms. The standard InChI is InChI=1S/C10H11ClN4/c1-6-14-8-9(11)12-5-13-10(8)15(6)4-7-2-3-7/h5,7H,2-4H2,1H3. The molecule has 15 heavy (non-hydrogen) atoms. The van der Waals surface area contributed by atoms with Gasteiger partial charge in [0.25, 0.3) is 0 Å². The van der Waals surface area contributed by atoms with Gasteiger partial charge in [0.1, 0.15) is 17.7 Å². The number of hydrogen-bond acceptors (Lipinski definition) is 3. The minimum Gasteiger partial charge on any atom is -0.313 e. The topological polar surface area (TPSA) is 43.6 Å². The molecule has 2 aromatic rings. The number of rotatable bonds is 2. The average Bonchev–Trinajstić information content (AvgIpc) is 2.96. The van der Waals surface area contributed by atoms with E-state index in [0.29, 0.717) is 5.15 Å². The summed E-state index contributed by atoms with van der Waals surface area (Å²) >= 11 is 5.97. The number of aryl methyl sites for hydroxylation is 1. The molecule has 0 bridgehead atoms. The molecule has 0 radical (unpaired) electrons. The SMILES string of the molecule is Cc1nc2c(Cl)ncnc2n1CC1CC1. The van der Waals surface area contributed by atoms with Crippen LogP contribution in [0.15, 0.2) is 6.33 Å². The van der Waals surface area contributed by atoms with Gasteiger partial charge in [-0.3, -0.25) is 0 Å². The lowest BCUT2D eigenvalue weighted by Crippen LogP contribution is -2.02. The minimum atomic E-state index is 0.442. The molecule has 0 atom stereocenters. The van der Waals surface area contributed by atoms with E-state index in [9.17, 15) is 0 Å². The molecule has 0 N–H and O–H groups in total. The predicted molar refractivity (Wildman–Crippen MR) is 57.8 cm³/mol. The third kappa shape index (κ3) is 1.49. The van der Waals surface area contributed by atoms with E-state index in [0.717, 1.165) is 29.5 Å². The summed E-state index contributed by atoms with van der Waals surface area (Å²) in [5, 5.41) is 0.442. The molecule has 2 heterocycles. The Bertz CT molecular complexity index is 515. The number of hydrogen-bond donors (Lipinski definition) is 0. The van der Waals surface area contributed by atoms with E-state index in [2.05, 4.69) is 19.5 Å². The van der Waals surface area contributed by atoms with Gasteiger partial charge in [-0.05, 0) is 25.7 Å². The van der Waals surface area contributed by atoms with Crippen molar-refractivity contribution < 1.29 is 0 Å². The Balaban J connectivity index is 2.18. The van der Waals surface area contributed by atoms with Crippen LogP contribution in [0.5, 0.6) is 0 Å². The molecule has 0 amide bonds. The molecule has 1 aliphatic carbocycles. The summed E-state index contributed by atoms with van der Waals surface area (Å²) in [4.78, 5) is 12.6. The molecule has 0 aliphatic heterocycles. The Morgan fingerprint density at radius 1 is 1.47 bits per heavy atom. The van der Waals surface area contributed by atoms with Gasteiger partial charge in [-0.15, -0.1) is 0 Å². The molecule has 78 valence electrons. The Kier molecular flexibility index (Phi) is 1.92. The van der Waals surface area contributed by atoms with Crippen LogP contribution in [0.25, 0.3) is 11.2 Å². The predicted octanol–water partition coefficient (Wildman–Crippen LogP) is 2.20. The molecular weight excluding hydrogens is 212 g/mol. The van der Waals surface area contributed by atoms with Crippen LogP contribution in [0.1, 0.15) is 18.7 Å². The molecule has 0 saturated heterocycles. The quantitative estimate of drug-likeness (QED) is 0.732. The Labute approximate surface area is 92.3 Å². The maximum absolute atomic E-state index is 5.97. The van der Waals surface area contributed by atoms with E-state index in [1.54, 1.807) is 0 Å². The Morgan fingerprint density at radius 2 is 2.27 bits per heavy atom. The Hall–Kier alpha value is -1.16. The second-order valence-corrected chi connectivity index (χ2v) is 4.41. The molecular formula is C10H11ClN4. The van der Waals surface area contributed by atoms with Crippen molar-refractivity contribution in [2.45, 2.75) is 26.3 Å². The van der Waals surface area contributed by atoms with Crippen LogP contribution in [-0.2, 0) is 6.54 Å². The lowest BCUT2D eigenvalue weighted by Gasteiger charge is -2.03. The van der Waals surface area contributed by atoms with Gasteiger partial charge in [-0.2, -0.15) is 0 Å². The summed E-state index contributed by atoms with van der Waals surface area (Å²) in [5.74, 6) is 1.77. The summed E-state index contributed by atoms with van der Waals surface area (Å²) in [6, 6.07) is 0. The maximum atomic E-state index is 5.97. The van der Waals surface area contributed by atoms with Crippen molar-refractivity contribution in [3.05, 3.63) is 17.3 Å². The highest BCUT2D eigenvalue weighted by molar-refractivity contribution is 6.33. The maximum Gasteiger partial charge on any atom is 0.165 e. The van der Waals surface area contributed by atoms with Crippen molar-refractivity contribution in [3.63, 3.8) is 0 Å². The first-order valence-electron chi connectivity index (χ1n) is 5.09. The molecule has 0 spiro atoms. The van der Waals surface area contributed by atoms with Crippen LogP contribution in [0, 0.1) is 12.8 Å². The Morgan fingerprint density at radius 3 is 3.00 bits per heavy atom. The first-order valence-corrected chi connectivity index (χ1v) is 5.47. The molecule has 1 fully saturated rings. The second kappa shape index (κ2) is 3.17. The molecule has 0 unspecified atom stereocenters. The normalized spacial score (nSPS) is 16.1. The highest BCUT2D eigenvalue weighted by atomic mass is 35.5. The highest BCUT2D eigenvalue weighted by Crippen LogP contribution is 2.32. The summed E-state index contributed by atoms with van der Waals surface area (Å²) in [6.45, 7) is 3.00. The van der Waals surface area contributed by atoms with Crippen molar-refractivity contribution in [3.8, 4) is 0 Å². The van der Waals surface area contributed by atoms with Crippen molar-refractivity contribution >= 4 is 22.8 Å². The van der Waals surface area contributed by atoms with Gasteiger partial charge in [-0.1, -0.05) is 11.6 Å². The van der Waals surface area contributed by atoms with Gasteiger partial charge in [-0.25, -0.2) is 15.0 Å². The van der Waals surface area contributed by atoms with Crippen LogP contribution in [0.4, 0.5) is 0 Å². The minimum absolute atomic E-state index is 0.442. The first-order chi connectivity index (χ1) is 7.25. The zero-order valence-corrected chi connectivity index (χ0v) is 9.20. The summed E-state index contributed by atoms with van der Waals surface area (Å²) in [5.41, 5.74) is 1.58. The van der Waals surface area contributed by atoms with E-state index in [4.69, 9.17) is 11.6 Å². The fourth-order valence-corrected chi connectivity index (χ4v) is 1.97. The third-order valence-electron chi connectivity index (χ3n) is 2.82. The molecule has 3 rings (SSSR count). The monoisotopic (exact) mass is 222 g/mol. The lowest BCUT2D eigenvalue weighted by molar-refractivity contribution is 0.621. The van der Waals surface area contributed by atoms with E-state index in [1.165, 1.54) is 19.2 Å².